The monoisotopic (exact) mass is 450 g/mol. The van der Waals surface area contributed by atoms with E-state index in [-0.39, 0.29) is 26.8 Å². The first kappa shape index (κ1) is 20.6. The van der Waals surface area contributed by atoms with Crippen molar-refractivity contribution in [2.45, 2.75) is 25.9 Å². The molecule has 1 aliphatic carbocycles. The van der Waals surface area contributed by atoms with Crippen molar-refractivity contribution in [3.05, 3.63) is 78.8 Å². The van der Waals surface area contributed by atoms with Gasteiger partial charge < -0.3 is 0 Å². The SMILES string of the molecule is CC1=C(C(F)(F)F)C(c2ccc(Cl)cc2Cl)=C(c2ccc(Cl)c(Cl)c2)CC1. The molecule has 0 aliphatic heterocycles. The molecule has 0 fully saturated rings. The van der Waals surface area contributed by atoms with Crippen molar-refractivity contribution < 1.29 is 13.2 Å². The Morgan fingerprint density at radius 3 is 2.11 bits per heavy atom. The normalized spacial score (nSPS) is 15.6. The minimum absolute atomic E-state index is 0.0614. The Bertz CT molecular complexity index is 972. The van der Waals surface area contributed by atoms with Gasteiger partial charge in [-0.1, -0.05) is 64.1 Å². The van der Waals surface area contributed by atoms with Gasteiger partial charge in [0.15, 0.2) is 0 Å². The molecule has 142 valence electrons. The molecule has 0 nitrogen and oxygen atoms in total. The number of allylic oxidation sites excluding steroid dienone is 4. The maximum atomic E-state index is 14.0. The van der Waals surface area contributed by atoms with Crippen LogP contribution in [-0.2, 0) is 0 Å². The predicted molar refractivity (Wildman–Crippen MR) is 108 cm³/mol. The van der Waals surface area contributed by atoms with E-state index < -0.39 is 11.7 Å². The molecule has 1 aliphatic rings. The lowest BCUT2D eigenvalue weighted by Gasteiger charge is -2.28. The average molecular weight is 452 g/mol. The molecular formula is C20H13Cl4F3. The largest absolute Gasteiger partial charge is 0.416 e. The Labute approximate surface area is 175 Å². The van der Waals surface area contributed by atoms with Gasteiger partial charge in [-0.3, -0.25) is 0 Å². The summed E-state index contributed by atoms with van der Waals surface area (Å²) in [5.74, 6) is 0. The predicted octanol–water partition coefficient (Wildman–Crippen LogP) is 8.88. The van der Waals surface area contributed by atoms with Crippen LogP contribution in [0.25, 0.3) is 11.1 Å². The molecule has 0 bridgehead atoms. The summed E-state index contributed by atoms with van der Waals surface area (Å²) < 4.78 is 41.9. The fourth-order valence-electron chi connectivity index (χ4n) is 3.27. The molecule has 27 heavy (non-hydrogen) atoms. The second-order valence-corrected chi connectivity index (χ2v) is 7.92. The van der Waals surface area contributed by atoms with Gasteiger partial charge in [-0.25, -0.2) is 0 Å². The van der Waals surface area contributed by atoms with E-state index in [1.54, 1.807) is 18.2 Å². The number of hydrogen-bond donors (Lipinski definition) is 0. The van der Waals surface area contributed by atoms with Gasteiger partial charge in [-0.15, -0.1) is 0 Å². The van der Waals surface area contributed by atoms with Gasteiger partial charge >= 0.3 is 6.18 Å². The van der Waals surface area contributed by atoms with Crippen LogP contribution in [-0.4, -0.2) is 6.18 Å². The summed E-state index contributed by atoms with van der Waals surface area (Å²) in [7, 11) is 0. The van der Waals surface area contributed by atoms with Crippen molar-refractivity contribution in [1.29, 1.82) is 0 Å². The maximum absolute atomic E-state index is 14.0. The van der Waals surface area contributed by atoms with E-state index >= 15 is 0 Å². The number of alkyl halides is 3. The van der Waals surface area contributed by atoms with Crippen molar-refractivity contribution in [2.24, 2.45) is 0 Å². The minimum atomic E-state index is -4.52. The van der Waals surface area contributed by atoms with E-state index in [1.807, 2.05) is 0 Å². The second-order valence-electron chi connectivity index (χ2n) is 6.26. The van der Waals surface area contributed by atoms with Crippen LogP contribution in [0.3, 0.4) is 0 Å². The number of benzene rings is 2. The Morgan fingerprint density at radius 2 is 1.52 bits per heavy atom. The second kappa shape index (κ2) is 7.71. The molecule has 0 aromatic heterocycles. The topological polar surface area (TPSA) is 0 Å². The highest BCUT2D eigenvalue weighted by Crippen LogP contribution is 2.49. The van der Waals surface area contributed by atoms with Crippen molar-refractivity contribution in [3.63, 3.8) is 0 Å². The highest BCUT2D eigenvalue weighted by Gasteiger charge is 2.41. The Kier molecular flexibility index (Phi) is 5.88. The van der Waals surface area contributed by atoms with Crippen molar-refractivity contribution >= 4 is 57.5 Å². The summed E-state index contributed by atoms with van der Waals surface area (Å²) in [6.45, 7) is 1.50. The molecular weight excluding hydrogens is 439 g/mol. The summed E-state index contributed by atoms with van der Waals surface area (Å²) in [6.07, 6.45) is -3.80. The van der Waals surface area contributed by atoms with Gasteiger partial charge in [0, 0.05) is 15.6 Å². The van der Waals surface area contributed by atoms with E-state index in [0.29, 0.717) is 34.0 Å². The summed E-state index contributed by atoms with van der Waals surface area (Å²) in [5, 5.41) is 1.13. The summed E-state index contributed by atoms with van der Waals surface area (Å²) in [4.78, 5) is 0. The standard InChI is InChI=1S/C20H13Cl4F3/c1-10-2-5-13(11-3-7-15(22)17(24)8-11)18(19(10)20(25,26)27)14-6-4-12(21)9-16(14)23/h3-4,6-9H,2,5H2,1H3. The zero-order valence-electron chi connectivity index (χ0n) is 14.0. The van der Waals surface area contributed by atoms with Crippen molar-refractivity contribution in [1.82, 2.24) is 0 Å². The lowest BCUT2D eigenvalue weighted by Crippen LogP contribution is -2.19. The molecule has 0 atom stereocenters. The third kappa shape index (κ3) is 4.17. The third-order valence-electron chi connectivity index (χ3n) is 4.48. The van der Waals surface area contributed by atoms with Crippen molar-refractivity contribution in [3.8, 4) is 0 Å². The quantitative estimate of drug-likeness (QED) is 0.427. The summed E-state index contributed by atoms with van der Waals surface area (Å²) in [5.41, 5.74) is 1.06. The molecule has 0 N–H and O–H groups in total. The van der Waals surface area contributed by atoms with Crippen LogP contribution in [0.2, 0.25) is 20.1 Å². The van der Waals surface area contributed by atoms with Crippen LogP contribution >= 0.6 is 46.4 Å². The Morgan fingerprint density at radius 1 is 0.815 bits per heavy atom. The molecule has 3 rings (SSSR count). The molecule has 0 heterocycles. The van der Waals surface area contributed by atoms with Crippen LogP contribution in [0.4, 0.5) is 13.2 Å². The van der Waals surface area contributed by atoms with E-state index in [2.05, 4.69) is 0 Å². The summed E-state index contributed by atoms with van der Waals surface area (Å²) >= 11 is 24.3. The zero-order chi connectivity index (χ0) is 19.9. The lowest BCUT2D eigenvalue weighted by molar-refractivity contribution is -0.0880. The molecule has 0 unspecified atom stereocenters. The van der Waals surface area contributed by atoms with Crippen LogP contribution in [0, 0.1) is 0 Å². The maximum Gasteiger partial charge on any atom is 0.416 e. The first-order chi connectivity index (χ1) is 12.6. The zero-order valence-corrected chi connectivity index (χ0v) is 17.0. The molecule has 7 heteroatoms. The molecule has 0 radical (unpaired) electrons. The Balaban J connectivity index is 2.36. The smallest absolute Gasteiger partial charge is 0.166 e. The van der Waals surface area contributed by atoms with Gasteiger partial charge in [-0.2, -0.15) is 13.2 Å². The number of rotatable bonds is 2. The van der Waals surface area contributed by atoms with Gasteiger partial charge in [0.05, 0.1) is 15.6 Å². The first-order valence-corrected chi connectivity index (χ1v) is 9.52. The van der Waals surface area contributed by atoms with Crippen LogP contribution < -0.4 is 0 Å². The summed E-state index contributed by atoms with van der Waals surface area (Å²) in [6, 6.07) is 9.31. The first-order valence-electron chi connectivity index (χ1n) is 8.01. The van der Waals surface area contributed by atoms with E-state index in [9.17, 15) is 13.2 Å². The van der Waals surface area contributed by atoms with Crippen molar-refractivity contribution in [2.75, 3.05) is 0 Å². The molecule has 0 spiro atoms. The number of halogens is 7. The minimum Gasteiger partial charge on any atom is -0.166 e. The van der Waals surface area contributed by atoms with E-state index in [1.165, 1.54) is 25.1 Å². The Hall–Kier alpha value is -1.13. The fraction of sp³-hybridized carbons (Fsp3) is 0.200. The van der Waals surface area contributed by atoms with E-state index in [4.69, 9.17) is 46.4 Å². The van der Waals surface area contributed by atoms with Crippen LogP contribution in [0.15, 0.2) is 47.5 Å². The third-order valence-corrected chi connectivity index (χ3v) is 5.77. The molecule has 2 aromatic rings. The highest BCUT2D eigenvalue weighted by atomic mass is 35.5. The lowest BCUT2D eigenvalue weighted by atomic mass is 9.79. The van der Waals surface area contributed by atoms with Gasteiger partial charge in [0.2, 0.25) is 0 Å². The molecule has 0 saturated heterocycles. The fourth-order valence-corrected chi connectivity index (χ4v) is 4.07. The van der Waals surface area contributed by atoms with E-state index in [0.717, 1.165) is 0 Å². The van der Waals surface area contributed by atoms with Gasteiger partial charge in [0.1, 0.15) is 0 Å². The average Bonchev–Trinajstić information content (AvgIpc) is 2.56. The van der Waals surface area contributed by atoms with Crippen LogP contribution in [0.1, 0.15) is 30.9 Å². The highest BCUT2D eigenvalue weighted by molar-refractivity contribution is 6.42. The number of hydrogen-bond acceptors (Lipinski definition) is 0. The molecule has 2 aromatic carbocycles. The van der Waals surface area contributed by atoms with Crippen LogP contribution in [0.5, 0.6) is 0 Å². The molecule has 0 amide bonds. The van der Waals surface area contributed by atoms with Gasteiger partial charge in [-0.05, 0) is 60.7 Å². The van der Waals surface area contributed by atoms with Gasteiger partial charge in [0.25, 0.3) is 0 Å². The molecule has 0 saturated carbocycles.